The van der Waals surface area contributed by atoms with Crippen molar-refractivity contribution in [3.8, 4) is 5.88 Å². The molecule has 7 nitrogen and oxygen atoms in total. The summed E-state index contributed by atoms with van der Waals surface area (Å²) >= 11 is 0. The fourth-order valence-electron chi connectivity index (χ4n) is 1.57. The highest BCUT2D eigenvalue weighted by molar-refractivity contribution is 5.87. The first-order valence-electron chi connectivity index (χ1n) is 6.19. The Balaban J connectivity index is 1.77. The molecule has 2 rings (SSSR count). The van der Waals surface area contributed by atoms with Gasteiger partial charge in [0.15, 0.2) is 6.61 Å². The van der Waals surface area contributed by atoms with Crippen molar-refractivity contribution in [1.82, 2.24) is 10.5 Å². The molecule has 0 aliphatic carbocycles. The van der Waals surface area contributed by atoms with E-state index < -0.39 is 5.97 Å². The predicted octanol–water partition coefficient (Wildman–Crippen LogP) is 1.38. The van der Waals surface area contributed by atoms with Gasteiger partial charge >= 0.3 is 5.97 Å². The van der Waals surface area contributed by atoms with Crippen LogP contribution in [-0.2, 0) is 11.3 Å². The van der Waals surface area contributed by atoms with Gasteiger partial charge in [0.25, 0.3) is 11.8 Å². The lowest BCUT2D eigenvalue weighted by Gasteiger charge is -2.06. The van der Waals surface area contributed by atoms with Crippen LogP contribution in [0.4, 0.5) is 0 Å². The zero-order valence-corrected chi connectivity index (χ0v) is 11.3. The van der Waals surface area contributed by atoms with Crippen LogP contribution in [0.3, 0.4) is 0 Å². The first kappa shape index (κ1) is 14.6. The van der Waals surface area contributed by atoms with E-state index in [2.05, 4.69) is 10.5 Å². The number of carbonyl (C=O) groups is 2. The number of ether oxygens (including phenoxy) is 1. The molecule has 0 saturated carbocycles. The predicted molar refractivity (Wildman–Crippen MR) is 72.0 cm³/mol. The molecule has 0 spiro atoms. The minimum Gasteiger partial charge on any atom is -0.478 e. The standard InChI is InChI=1S/C14H14N2O5/c1-9-6-13(16-21-9)20-8-12(17)15-7-10-2-4-11(5-3-10)14(18)19/h2-6H,7-8H2,1H3,(H,15,17)(H,18,19). The van der Waals surface area contributed by atoms with E-state index >= 15 is 0 Å². The summed E-state index contributed by atoms with van der Waals surface area (Å²) in [6.45, 7) is 1.85. The Kier molecular flexibility index (Phi) is 4.55. The van der Waals surface area contributed by atoms with Crippen LogP contribution in [0.1, 0.15) is 21.7 Å². The van der Waals surface area contributed by atoms with Crippen molar-refractivity contribution < 1.29 is 24.0 Å². The minimum absolute atomic E-state index is 0.167. The van der Waals surface area contributed by atoms with Crippen molar-refractivity contribution in [1.29, 1.82) is 0 Å². The second kappa shape index (κ2) is 6.56. The average molecular weight is 290 g/mol. The van der Waals surface area contributed by atoms with Crippen molar-refractivity contribution in [2.45, 2.75) is 13.5 Å². The maximum absolute atomic E-state index is 11.6. The number of hydrogen-bond donors (Lipinski definition) is 2. The van der Waals surface area contributed by atoms with Gasteiger partial charge in [-0.1, -0.05) is 12.1 Å². The summed E-state index contributed by atoms with van der Waals surface area (Å²) in [6.07, 6.45) is 0. The third kappa shape index (κ3) is 4.34. The molecule has 0 aliphatic heterocycles. The molecule has 0 saturated heterocycles. The van der Waals surface area contributed by atoms with Crippen LogP contribution < -0.4 is 10.1 Å². The molecule has 2 N–H and O–H groups in total. The summed E-state index contributed by atoms with van der Waals surface area (Å²) in [7, 11) is 0. The Hall–Kier alpha value is -2.83. The summed E-state index contributed by atoms with van der Waals surface area (Å²) in [6, 6.07) is 7.84. The van der Waals surface area contributed by atoms with Gasteiger partial charge in [-0.15, -0.1) is 0 Å². The second-order valence-corrected chi connectivity index (χ2v) is 4.34. The van der Waals surface area contributed by atoms with Crippen molar-refractivity contribution in [2.24, 2.45) is 0 Å². The number of aryl methyl sites for hydroxylation is 1. The number of aromatic nitrogens is 1. The third-order valence-corrected chi connectivity index (χ3v) is 2.65. The van der Waals surface area contributed by atoms with Crippen LogP contribution in [0.15, 0.2) is 34.9 Å². The van der Waals surface area contributed by atoms with Gasteiger partial charge in [-0.05, 0) is 29.8 Å². The lowest BCUT2D eigenvalue weighted by atomic mass is 10.1. The Morgan fingerprint density at radius 2 is 2.05 bits per heavy atom. The molecule has 1 aromatic heterocycles. The molecule has 0 fully saturated rings. The summed E-state index contributed by atoms with van der Waals surface area (Å²) < 4.78 is 9.93. The first-order chi connectivity index (χ1) is 10.0. The van der Waals surface area contributed by atoms with Crippen molar-refractivity contribution in [3.05, 3.63) is 47.2 Å². The van der Waals surface area contributed by atoms with Gasteiger partial charge in [0.2, 0.25) is 0 Å². The van der Waals surface area contributed by atoms with Crippen LogP contribution in [0, 0.1) is 6.92 Å². The van der Waals surface area contributed by atoms with Crippen molar-refractivity contribution in [2.75, 3.05) is 6.61 Å². The number of aromatic carboxylic acids is 1. The monoisotopic (exact) mass is 290 g/mol. The molecule has 21 heavy (non-hydrogen) atoms. The molecule has 110 valence electrons. The lowest BCUT2D eigenvalue weighted by Crippen LogP contribution is -2.28. The molecule has 0 radical (unpaired) electrons. The highest BCUT2D eigenvalue weighted by atomic mass is 16.5. The van der Waals surface area contributed by atoms with Gasteiger partial charge in [-0.2, -0.15) is 0 Å². The van der Waals surface area contributed by atoms with E-state index in [0.29, 0.717) is 12.3 Å². The van der Waals surface area contributed by atoms with Gasteiger partial charge in [0.05, 0.1) is 5.56 Å². The van der Waals surface area contributed by atoms with Gasteiger partial charge < -0.3 is 19.7 Å². The topological polar surface area (TPSA) is 102 Å². The van der Waals surface area contributed by atoms with Crippen molar-refractivity contribution >= 4 is 11.9 Å². The normalized spacial score (nSPS) is 10.1. The zero-order chi connectivity index (χ0) is 15.2. The molecule has 0 bridgehead atoms. The van der Waals surface area contributed by atoms with Gasteiger partial charge in [-0.25, -0.2) is 4.79 Å². The maximum Gasteiger partial charge on any atom is 0.335 e. The number of carboxylic acids is 1. The molecular formula is C14H14N2O5. The van der Waals surface area contributed by atoms with Gasteiger partial charge in [-0.3, -0.25) is 4.79 Å². The Morgan fingerprint density at radius 3 is 2.62 bits per heavy atom. The van der Waals surface area contributed by atoms with Crippen molar-refractivity contribution in [3.63, 3.8) is 0 Å². The van der Waals surface area contributed by atoms with E-state index in [1.165, 1.54) is 12.1 Å². The number of nitrogens with zero attached hydrogens (tertiary/aromatic N) is 1. The molecule has 1 heterocycles. The second-order valence-electron chi connectivity index (χ2n) is 4.34. The summed E-state index contributed by atoms with van der Waals surface area (Å²) in [5, 5.41) is 15.0. The summed E-state index contributed by atoms with van der Waals surface area (Å²) in [5.41, 5.74) is 1.00. The molecule has 0 atom stereocenters. The Bertz CT molecular complexity index is 633. The molecule has 1 aromatic carbocycles. The van der Waals surface area contributed by atoms with Crippen LogP contribution in [-0.4, -0.2) is 28.7 Å². The number of rotatable bonds is 6. The molecule has 7 heteroatoms. The molecule has 2 aromatic rings. The van der Waals surface area contributed by atoms with Crippen LogP contribution in [0.2, 0.25) is 0 Å². The smallest absolute Gasteiger partial charge is 0.335 e. The first-order valence-corrected chi connectivity index (χ1v) is 6.19. The number of hydrogen-bond acceptors (Lipinski definition) is 5. The average Bonchev–Trinajstić information content (AvgIpc) is 2.89. The van der Waals surface area contributed by atoms with E-state index in [9.17, 15) is 9.59 Å². The SMILES string of the molecule is Cc1cc(OCC(=O)NCc2ccc(C(=O)O)cc2)no1. The fourth-order valence-corrected chi connectivity index (χ4v) is 1.57. The van der Waals surface area contributed by atoms with Gasteiger partial charge in [0, 0.05) is 12.6 Å². The highest BCUT2D eigenvalue weighted by Crippen LogP contribution is 2.09. The van der Waals surface area contributed by atoms with E-state index in [1.807, 2.05) is 0 Å². The zero-order valence-electron chi connectivity index (χ0n) is 11.3. The molecule has 1 amide bonds. The molecule has 0 aliphatic rings. The highest BCUT2D eigenvalue weighted by Gasteiger charge is 2.06. The summed E-state index contributed by atoms with van der Waals surface area (Å²) in [5.74, 6) is -0.433. The largest absolute Gasteiger partial charge is 0.478 e. The quantitative estimate of drug-likeness (QED) is 0.833. The maximum atomic E-state index is 11.6. The van der Waals surface area contributed by atoms with Crippen LogP contribution in [0.25, 0.3) is 0 Å². The van der Waals surface area contributed by atoms with E-state index in [1.54, 1.807) is 25.1 Å². The fraction of sp³-hybridized carbons (Fsp3) is 0.214. The Morgan fingerprint density at radius 1 is 1.33 bits per heavy atom. The number of amides is 1. The van der Waals surface area contributed by atoms with E-state index in [0.717, 1.165) is 5.56 Å². The Labute approximate surface area is 120 Å². The van der Waals surface area contributed by atoms with Crippen LogP contribution in [0.5, 0.6) is 5.88 Å². The number of carbonyl (C=O) groups excluding carboxylic acids is 1. The lowest BCUT2D eigenvalue weighted by molar-refractivity contribution is -0.123. The third-order valence-electron chi connectivity index (χ3n) is 2.65. The van der Waals surface area contributed by atoms with Gasteiger partial charge in [0.1, 0.15) is 5.76 Å². The van der Waals surface area contributed by atoms with E-state index in [-0.39, 0.29) is 24.0 Å². The number of nitrogens with one attached hydrogen (secondary N) is 1. The molecule has 0 unspecified atom stereocenters. The summed E-state index contributed by atoms with van der Waals surface area (Å²) in [4.78, 5) is 22.3. The van der Waals surface area contributed by atoms with E-state index in [4.69, 9.17) is 14.4 Å². The molecular weight excluding hydrogens is 276 g/mol. The minimum atomic E-state index is -0.984. The van der Waals surface area contributed by atoms with Crippen LogP contribution >= 0.6 is 0 Å². The number of benzene rings is 1. The number of carboxylic acid groups (broad SMARTS) is 1.